The number of nitrogens with one attached hydrogen (secondary N) is 1. The zero-order valence-corrected chi connectivity index (χ0v) is 11.6. The lowest BCUT2D eigenvalue weighted by atomic mass is 10.3. The largest absolute Gasteiger partial charge is 0.573 e. The van der Waals surface area contributed by atoms with Gasteiger partial charge in [0.2, 0.25) is 0 Å². The number of hydrogen-bond donors (Lipinski definition) is 1. The molecule has 0 radical (unpaired) electrons. The van der Waals surface area contributed by atoms with Crippen LogP contribution in [-0.4, -0.2) is 16.7 Å². The average Bonchev–Trinajstić information content (AvgIpc) is 2.94. The van der Waals surface area contributed by atoms with Crippen LogP contribution in [0.4, 0.5) is 18.9 Å². The highest BCUT2D eigenvalue weighted by Gasteiger charge is 2.30. The molecule has 0 saturated heterocycles. The van der Waals surface area contributed by atoms with Crippen LogP contribution in [-0.2, 0) is 0 Å². The number of hydrogen-bond acceptors (Lipinski definition) is 6. The molecular formula is C13H8F3N3O2S. The molecule has 0 bridgehead atoms. The summed E-state index contributed by atoms with van der Waals surface area (Å²) in [4.78, 5) is 0.786. The maximum atomic E-state index is 12.1. The highest BCUT2D eigenvalue weighted by Crippen LogP contribution is 2.28. The van der Waals surface area contributed by atoms with Gasteiger partial charge in [0.1, 0.15) is 11.3 Å². The summed E-state index contributed by atoms with van der Waals surface area (Å²) >= 11 is 1.25. The summed E-state index contributed by atoms with van der Waals surface area (Å²) in [5.74, 6) is -0.272. The Morgan fingerprint density at radius 3 is 2.55 bits per heavy atom. The molecule has 0 atom stereocenters. The topological polar surface area (TPSA) is 60.2 Å². The van der Waals surface area contributed by atoms with Gasteiger partial charge in [0.15, 0.2) is 5.52 Å². The Morgan fingerprint density at radius 1 is 1.05 bits per heavy atom. The van der Waals surface area contributed by atoms with Crippen molar-refractivity contribution in [1.82, 2.24) is 10.3 Å². The molecule has 0 fully saturated rings. The van der Waals surface area contributed by atoms with Gasteiger partial charge in [-0.2, -0.15) is 0 Å². The number of alkyl halides is 3. The molecule has 1 N–H and O–H groups in total. The van der Waals surface area contributed by atoms with E-state index in [1.54, 1.807) is 12.1 Å². The highest BCUT2D eigenvalue weighted by atomic mass is 32.2. The van der Waals surface area contributed by atoms with E-state index in [1.165, 1.54) is 36.2 Å². The Kier molecular flexibility index (Phi) is 3.80. The van der Waals surface area contributed by atoms with Crippen molar-refractivity contribution in [3.8, 4) is 5.75 Å². The molecule has 1 heterocycles. The quantitative estimate of drug-likeness (QED) is 0.723. The summed E-state index contributed by atoms with van der Waals surface area (Å²) in [5, 5.41) is 7.52. The summed E-state index contributed by atoms with van der Waals surface area (Å²) in [7, 11) is 0. The minimum absolute atomic E-state index is 0.272. The van der Waals surface area contributed by atoms with Gasteiger partial charge in [-0.25, -0.2) is 4.63 Å². The van der Waals surface area contributed by atoms with Crippen molar-refractivity contribution in [3.63, 3.8) is 0 Å². The first-order valence-corrected chi connectivity index (χ1v) is 6.83. The van der Waals surface area contributed by atoms with Crippen molar-refractivity contribution in [2.24, 2.45) is 0 Å². The third-order valence-corrected chi connectivity index (χ3v) is 3.50. The van der Waals surface area contributed by atoms with E-state index in [0.717, 1.165) is 4.90 Å². The maximum absolute atomic E-state index is 12.1. The van der Waals surface area contributed by atoms with Crippen molar-refractivity contribution in [1.29, 1.82) is 0 Å². The molecule has 0 saturated carbocycles. The summed E-state index contributed by atoms with van der Waals surface area (Å²) in [6.45, 7) is 0. The van der Waals surface area contributed by atoms with E-state index < -0.39 is 6.36 Å². The number of nitrogens with zero attached hydrogens (tertiary/aromatic N) is 2. The second-order valence-electron chi connectivity index (χ2n) is 4.16. The summed E-state index contributed by atoms with van der Waals surface area (Å²) in [6.07, 6.45) is -4.70. The fraction of sp³-hybridized carbons (Fsp3) is 0.0769. The lowest BCUT2D eigenvalue weighted by molar-refractivity contribution is -0.274. The Balaban J connectivity index is 1.68. The first-order valence-electron chi connectivity index (χ1n) is 6.01. The predicted molar refractivity (Wildman–Crippen MR) is 74.4 cm³/mol. The molecule has 0 spiro atoms. The van der Waals surface area contributed by atoms with E-state index in [4.69, 9.17) is 0 Å². The van der Waals surface area contributed by atoms with Crippen LogP contribution in [0.15, 0.2) is 52.0 Å². The van der Waals surface area contributed by atoms with Crippen LogP contribution in [0.1, 0.15) is 0 Å². The zero-order valence-electron chi connectivity index (χ0n) is 10.8. The molecule has 2 aromatic carbocycles. The van der Waals surface area contributed by atoms with Crippen LogP contribution in [0.25, 0.3) is 11.0 Å². The Labute approximate surface area is 126 Å². The molecule has 3 rings (SSSR count). The number of rotatable bonds is 4. The van der Waals surface area contributed by atoms with E-state index in [0.29, 0.717) is 16.7 Å². The van der Waals surface area contributed by atoms with E-state index in [-0.39, 0.29) is 5.75 Å². The molecule has 0 amide bonds. The Hall–Kier alpha value is -2.42. The van der Waals surface area contributed by atoms with Crippen LogP contribution >= 0.6 is 11.9 Å². The Bertz CT molecular complexity index is 774. The third-order valence-electron chi connectivity index (χ3n) is 2.62. The second-order valence-corrected chi connectivity index (χ2v) is 5.01. The van der Waals surface area contributed by atoms with Crippen LogP contribution in [0.2, 0.25) is 0 Å². The minimum Gasteiger partial charge on any atom is -0.406 e. The van der Waals surface area contributed by atoms with E-state index in [9.17, 15) is 13.2 Å². The van der Waals surface area contributed by atoms with Crippen LogP contribution in [0, 0.1) is 0 Å². The lowest BCUT2D eigenvalue weighted by Crippen LogP contribution is -2.16. The number of halogens is 3. The van der Waals surface area contributed by atoms with Gasteiger partial charge >= 0.3 is 6.36 Å². The molecule has 1 aromatic heterocycles. The van der Waals surface area contributed by atoms with Gasteiger partial charge in [-0.05, 0) is 58.7 Å². The molecule has 0 unspecified atom stereocenters. The van der Waals surface area contributed by atoms with Crippen LogP contribution < -0.4 is 9.46 Å². The van der Waals surface area contributed by atoms with Gasteiger partial charge in [0.25, 0.3) is 0 Å². The summed E-state index contributed by atoms with van der Waals surface area (Å²) in [5.41, 5.74) is 1.85. The first-order chi connectivity index (χ1) is 10.5. The van der Waals surface area contributed by atoms with E-state index in [1.807, 2.05) is 6.07 Å². The number of benzene rings is 2. The molecule has 0 aliphatic rings. The smallest absolute Gasteiger partial charge is 0.406 e. The van der Waals surface area contributed by atoms with Gasteiger partial charge in [-0.15, -0.1) is 13.2 Å². The Morgan fingerprint density at radius 2 is 1.82 bits per heavy atom. The fourth-order valence-electron chi connectivity index (χ4n) is 1.70. The highest BCUT2D eigenvalue weighted by molar-refractivity contribution is 8.00. The predicted octanol–water partition coefficient (Wildman–Crippen LogP) is 4.24. The number of aromatic nitrogens is 2. The standard InChI is InChI=1S/C13H8F3N3O2S/c14-13(15,16)20-9-6-4-8(5-7-9)19-22-11-3-1-2-10-12(11)18-21-17-10/h1-7,19H. The van der Waals surface area contributed by atoms with Crippen molar-refractivity contribution < 1.29 is 22.5 Å². The first kappa shape index (κ1) is 14.5. The molecule has 5 nitrogen and oxygen atoms in total. The molecule has 3 aromatic rings. The second kappa shape index (κ2) is 5.76. The maximum Gasteiger partial charge on any atom is 0.573 e. The number of ether oxygens (including phenoxy) is 1. The minimum atomic E-state index is -4.70. The van der Waals surface area contributed by atoms with Crippen LogP contribution in [0.3, 0.4) is 0 Å². The molecule has 0 aliphatic carbocycles. The molecule has 9 heteroatoms. The van der Waals surface area contributed by atoms with Gasteiger partial charge in [0, 0.05) is 5.69 Å². The van der Waals surface area contributed by atoms with Crippen molar-refractivity contribution in [2.75, 3.05) is 4.72 Å². The number of fused-ring (bicyclic) bond motifs is 1. The van der Waals surface area contributed by atoms with Gasteiger partial charge in [-0.3, -0.25) is 0 Å². The van der Waals surface area contributed by atoms with Gasteiger partial charge in [-0.1, -0.05) is 6.07 Å². The monoisotopic (exact) mass is 327 g/mol. The third kappa shape index (κ3) is 3.42. The fourth-order valence-corrected chi connectivity index (χ4v) is 2.45. The van der Waals surface area contributed by atoms with Crippen LogP contribution in [0.5, 0.6) is 5.75 Å². The average molecular weight is 327 g/mol. The molecule has 114 valence electrons. The van der Waals surface area contributed by atoms with Crippen molar-refractivity contribution >= 4 is 28.7 Å². The lowest BCUT2D eigenvalue weighted by Gasteiger charge is -2.10. The molecule has 22 heavy (non-hydrogen) atoms. The van der Waals surface area contributed by atoms with Crippen molar-refractivity contribution in [2.45, 2.75) is 11.3 Å². The van der Waals surface area contributed by atoms with Crippen molar-refractivity contribution in [3.05, 3.63) is 42.5 Å². The molecular weight excluding hydrogens is 319 g/mol. The number of anilines is 1. The van der Waals surface area contributed by atoms with E-state index >= 15 is 0 Å². The van der Waals surface area contributed by atoms with Gasteiger partial charge in [0.05, 0.1) is 4.90 Å². The SMILES string of the molecule is FC(F)(F)Oc1ccc(NSc2cccc3nonc23)cc1. The normalized spacial score (nSPS) is 11.6. The summed E-state index contributed by atoms with van der Waals surface area (Å²) < 4.78 is 47.7. The molecule has 0 aliphatic heterocycles. The van der Waals surface area contributed by atoms with Gasteiger partial charge < -0.3 is 9.46 Å². The summed E-state index contributed by atoms with van der Waals surface area (Å²) in [6, 6.07) is 10.8. The van der Waals surface area contributed by atoms with E-state index in [2.05, 4.69) is 24.4 Å². The zero-order chi connectivity index (χ0) is 15.6.